The molecule has 4 rings (SSSR count). The molecule has 2 N–H and O–H groups in total. The molecule has 7 nitrogen and oxygen atoms in total. The van der Waals surface area contributed by atoms with Crippen LogP contribution in [0.1, 0.15) is 33.1 Å². The highest BCUT2D eigenvalue weighted by atomic mass is 16.2. The third-order valence-corrected chi connectivity index (χ3v) is 6.07. The van der Waals surface area contributed by atoms with Gasteiger partial charge in [0.1, 0.15) is 0 Å². The normalized spacial score (nSPS) is 13.5. The summed E-state index contributed by atoms with van der Waals surface area (Å²) in [5.41, 5.74) is 7.56. The van der Waals surface area contributed by atoms with Crippen molar-refractivity contribution in [1.29, 1.82) is 0 Å². The van der Waals surface area contributed by atoms with Gasteiger partial charge in [0.2, 0.25) is 6.41 Å². The van der Waals surface area contributed by atoms with Gasteiger partial charge in [0.05, 0.1) is 5.69 Å². The number of carbonyl (C=O) groups is 2. The molecule has 2 aromatic carbocycles. The number of rotatable bonds is 5. The molecule has 31 heavy (non-hydrogen) atoms. The number of nitrogens with one attached hydrogen (secondary N) is 2. The second-order valence-corrected chi connectivity index (χ2v) is 8.05. The van der Waals surface area contributed by atoms with Crippen molar-refractivity contribution in [1.82, 2.24) is 14.5 Å². The third kappa shape index (κ3) is 3.84. The number of anilines is 2. The van der Waals surface area contributed by atoms with E-state index in [2.05, 4.69) is 27.6 Å². The van der Waals surface area contributed by atoms with Crippen molar-refractivity contribution in [3.8, 4) is 11.1 Å². The molecular formula is C24H27N5O2. The molecule has 1 aromatic heterocycles. The van der Waals surface area contributed by atoms with Crippen LogP contribution in [-0.4, -0.2) is 40.4 Å². The van der Waals surface area contributed by atoms with E-state index in [1.165, 1.54) is 0 Å². The molecule has 0 atom stereocenters. The van der Waals surface area contributed by atoms with Crippen LogP contribution in [0.15, 0.2) is 36.4 Å². The van der Waals surface area contributed by atoms with Crippen molar-refractivity contribution in [2.75, 3.05) is 24.2 Å². The van der Waals surface area contributed by atoms with Gasteiger partial charge < -0.3 is 20.1 Å². The number of hydrogen-bond donors (Lipinski definition) is 2. The Morgan fingerprint density at radius 3 is 2.35 bits per heavy atom. The van der Waals surface area contributed by atoms with E-state index in [0.717, 1.165) is 64.5 Å². The Balaban J connectivity index is 1.65. The Labute approximate surface area is 182 Å². The Morgan fingerprint density at radius 2 is 1.68 bits per heavy atom. The Bertz CT molecular complexity index is 1170. The fourth-order valence-electron chi connectivity index (χ4n) is 4.25. The van der Waals surface area contributed by atoms with Gasteiger partial charge >= 0.3 is 0 Å². The first-order chi connectivity index (χ1) is 14.9. The molecule has 0 spiro atoms. The summed E-state index contributed by atoms with van der Waals surface area (Å²) in [5, 5.41) is 5.79. The smallest absolute Gasteiger partial charge is 0.291 e. The lowest BCUT2D eigenvalue weighted by atomic mass is 9.94. The van der Waals surface area contributed by atoms with Crippen LogP contribution in [-0.2, 0) is 24.8 Å². The van der Waals surface area contributed by atoms with Gasteiger partial charge in [-0.2, -0.15) is 0 Å². The van der Waals surface area contributed by atoms with E-state index in [1.807, 2.05) is 61.9 Å². The van der Waals surface area contributed by atoms with Crippen molar-refractivity contribution in [3.63, 3.8) is 0 Å². The van der Waals surface area contributed by atoms with Gasteiger partial charge in [0, 0.05) is 43.6 Å². The van der Waals surface area contributed by atoms with Gasteiger partial charge in [-0.1, -0.05) is 24.3 Å². The van der Waals surface area contributed by atoms with Gasteiger partial charge in [-0.25, -0.2) is 4.98 Å². The molecule has 2 amide bonds. The fourth-order valence-corrected chi connectivity index (χ4v) is 4.25. The zero-order valence-electron chi connectivity index (χ0n) is 18.3. The summed E-state index contributed by atoms with van der Waals surface area (Å²) in [6.45, 7) is 5.69. The quantitative estimate of drug-likeness (QED) is 0.623. The first-order valence-electron chi connectivity index (χ1n) is 10.3. The van der Waals surface area contributed by atoms with Gasteiger partial charge in [0.15, 0.2) is 5.82 Å². The predicted octanol–water partition coefficient (Wildman–Crippen LogP) is 3.51. The van der Waals surface area contributed by atoms with E-state index < -0.39 is 0 Å². The summed E-state index contributed by atoms with van der Waals surface area (Å²) in [5.74, 6) is 0.214. The van der Waals surface area contributed by atoms with Crippen LogP contribution >= 0.6 is 0 Å². The minimum absolute atomic E-state index is 0.215. The molecule has 1 aliphatic rings. The number of carbonyl (C=O) groups excluding carboxylic acids is 2. The number of nitrogens with zero attached hydrogens (tertiary/aromatic N) is 3. The highest BCUT2D eigenvalue weighted by molar-refractivity contribution is 6.03. The van der Waals surface area contributed by atoms with Crippen LogP contribution in [0.5, 0.6) is 0 Å². The average molecular weight is 418 g/mol. The zero-order valence-corrected chi connectivity index (χ0v) is 18.3. The molecule has 160 valence electrons. The topological polar surface area (TPSA) is 79.3 Å². The van der Waals surface area contributed by atoms with Crippen LogP contribution in [0.3, 0.4) is 0 Å². The number of benzene rings is 2. The van der Waals surface area contributed by atoms with E-state index >= 15 is 0 Å². The minimum Gasteiger partial charge on any atom is -0.328 e. The van der Waals surface area contributed by atoms with Gasteiger partial charge in [0.25, 0.3) is 5.91 Å². The Kier molecular flexibility index (Phi) is 5.61. The fraction of sp³-hybridized carbons (Fsp3) is 0.292. The van der Waals surface area contributed by atoms with E-state index in [-0.39, 0.29) is 5.91 Å². The molecule has 0 bridgehead atoms. The van der Waals surface area contributed by atoms with Crippen LogP contribution in [0, 0.1) is 13.8 Å². The SMILES string of the molecule is Cc1c(NC=O)cccc1-c1cccc(NC(=O)c2nc3c(n2C)CCN(C)C3)c1C. The molecular weight excluding hydrogens is 390 g/mol. The lowest BCUT2D eigenvalue weighted by molar-refractivity contribution is -0.105. The van der Waals surface area contributed by atoms with Crippen molar-refractivity contribution in [3.05, 3.63) is 64.7 Å². The molecule has 3 aromatic rings. The van der Waals surface area contributed by atoms with Crippen LogP contribution in [0.25, 0.3) is 11.1 Å². The van der Waals surface area contributed by atoms with E-state index in [1.54, 1.807) is 0 Å². The summed E-state index contributed by atoms with van der Waals surface area (Å²) in [4.78, 5) is 30.8. The van der Waals surface area contributed by atoms with Crippen molar-refractivity contribution >= 4 is 23.7 Å². The first kappa shape index (κ1) is 20.8. The van der Waals surface area contributed by atoms with Gasteiger partial charge in [-0.3, -0.25) is 9.59 Å². The Morgan fingerprint density at radius 1 is 1.03 bits per heavy atom. The second-order valence-electron chi connectivity index (χ2n) is 8.05. The highest BCUT2D eigenvalue weighted by Crippen LogP contribution is 2.33. The number of amides is 2. The van der Waals surface area contributed by atoms with Gasteiger partial charge in [-0.05, 0) is 55.3 Å². The summed E-state index contributed by atoms with van der Waals surface area (Å²) >= 11 is 0. The Hall–Kier alpha value is -3.45. The number of aromatic nitrogens is 2. The highest BCUT2D eigenvalue weighted by Gasteiger charge is 2.24. The molecule has 0 saturated heterocycles. The number of imidazole rings is 1. The minimum atomic E-state index is -0.215. The first-order valence-corrected chi connectivity index (χ1v) is 10.3. The third-order valence-electron chi connectivity index (χ3n) is 6.07. The van der Waals surface area contributed by atoms with Crippen LogP contribution < -0.4 is 10.6 Å². The van der Waals surface area contributed by atoms with Crippen molar-refractivity contribution in [2.45, 2.75) is 26.8 Å². The molecule has 1 aliphatic heterocycles. The lowest BCUT2D eigenvalue weighted by Gasteiger charge is -2.21. The van der Waals surface area contributed by atoms with E-state index in [9.17, 15) is 9.59 Å². The molecule has 2 heterocycles. The van der Waals surface area contributed by atoms with Crippen molar-refractivity contribution < 1.29 is 9.59 Å². The second kappa shape index (κ2) is 8.35. The van der Waals surface area contributed by atoms with Crippen molar-refractivity contribution in [2.24, 2.45) is 7.05 Å². The number of hydrogen-bond acceptors (Lipinski definition) is 4. The maximum absolute atomic E-state index is 13.1. The summed E-state index contributed by atoms with van der Waals surface area (Å²) in [6.07, 6.45) is 1.57. The summed E-state index contributed by atoms with van der Waals surface area (Å²) in [7, 11) is 3.97. The molecule has 0 aliphatic carbocycles. The van der Waals surface area contributed by atoms with E-state index in [0.29, 0.717) is 12.2 Å². The number of fused-ring (bicyclic) bond motifs is 1. The monoisotopic (exact) mass is 417 g/mol. The molecule has 0 fully saturated rings. The maximum atomic E-state index is 13.1. The summed E-state index contributed by atoms with van der Waals surface area (Å²) in [6, 6.07) is 11.6. The average Bonchev–Trinajstić information content (AvgIpc) is 3.07. The standard InChI is InChI=1S/C24H27N5O2/c1-15-17(7-5-9-19(15)25-14-30)18-8-6-10-20(16(18)2)27-24(31)23-26-21-13-28(3)12-11-22(21)29(23)4/h5-10,14H,11-13H2,1-4H3,(H,25,30)(H,27,31). The molecule has 0 radical (unpaired) electrons. The molecule has 7 heteroatoms. The predicted molar refractivity (Wildman–Crippen MR) is 122 cm³/mol. The van der Waals surface area contributed by atoms with Crippen LogP contribution in [0.4, 0.5) is 11.4 Å². The van der Waals surface area contributed by atoms with Crippen LogP contribution in [0.2, 0.25) is 0 Å². The molecule has 0 unspecified atom stereocenters. The molecule has 0 saturated carbocycles. The van der Waals surface area contributed by atoms with E-state index in [4.69, 9.17) is 0 Å². The summed E-state index contributed by atoms with van der Waals surface area (Å²) < 4.78 is 1.91. The zero-order chi connectivity index (χ0) is 22.1. The van der Waals surface area contributed by atoms with Gasteiger partial charge in [-0.15, -0.1) is 0 Å². The largest absolute Gasteiger partial charge is 0.328 e. The maximum Gasteiger partial charge on any atom is 0.291 e. The number of likely N-dealkylation sites (N-methyl/N-ethyl adjacent to an activating group) is 1. The lowest BCUT2D eigenvalue weighted by Crippen LogP contribution is -2.27.